The molecule has 25 heavy (non-hydrogen) atoms. The second kappa shape index (κ2) is 9.26. The zero-order valence-corrected chi connectivity index (χ0v) is 14.0. The van der Waals surface area contributed by atoms with Crippen LogP contribution < -0.4 is 10.6 Å². The molecule has 0 bridgehead atoms. The van der Waals surface area contributed by atoms with Gasteiger partial charge in [0.15, 0.2) is 0 Å². The number of amides is 2. The minimum Gasteiger partial charge on any atom is -0.462 e. The molecule has 0 heterocycles. The van der Waals surface area contributed by atoms with Crippen LogP contribution in [0.15, 0.2) is 30.3 Å². The predicted octanol–water partition coefficient (Wildman–Crippen LogP) is 2.39. The minimum atomic E-state index is -5.19. The molecule has 0 aliphatic carbocycles. The Bertz CT molecular complexity index is 566. The predicted molar refractivity (Wildman–Crippen MR) is 83.7 cm³/mol. The van der Waals surface area contributed by atoms with Gasteiger partial charge in [-0.05, 0) is 25.8 Å². The summed E-state index contributed by atoms with van der Waals surface area (Å²) in [4.78, 5) is 23.7. The van der Waals surface area contributed by atoms with E-state index in [1.807, 2.05) is 18.2 Å². The van der Waals surface area contributed by atoms with Crippen LogP contribution in [0.4, 0.5) is 18.0 Å². The van der Waals surface area contributed by atoms with Crippen molar-refractivity contribution < 1.29 is 32.2 Å². The maximum Gasteiger partial charge on any atom is 0.448 e. The number of esters is 1. The van der Waals surface area contributed by atoms with Gasteiger partial charge in [-0.3, -0.25) is 5.32 Å². The molecule has 0 aromatic heterocycles. The smallest absolute Gasteiger partial charge is 0.448 e. The monoisotopic (exact) mass is 362 g/mol. The molecule has 0 spiro atoms. The van der Waals surface area contributed by atoms with Gasteiger partial charge in [0, 0.05) is 13.2 Å². The quantitative estimate of drug-likeness (QED) is 0.550. The van der Waals surface area contributed by atoms with E-state index in [0.717, 1.165) is 5.56 Å². The lowest BCUT2D eigenvalue weighted by Gasteiger charge is -2.33. The Morgan fingerprint density at radius 2 is 1.72 bits per heavy atom. The number of nitrogens with one attached hydrogen (secondary N) is 2. The van der Waals surface area contributed by atoms with Crippen molar-refractivity contribution in [2.45, 2.75) is 32.2 Å². The lowest BCUT2D eigenvalue weighted by atomic mass is 10.1. The largest absolute Gasteiger partial charge is 0.462 e. The first kappa shape index (κ1) is 20.8. The molecule has 0 fully saturated rings. The van der Waals surface area contributed by atoms with E-state index < -0.39 is 30.5 Å². The molecular weight excluding hydrogens is 341 g/mol. The second-order valence-corrected chi connectivity index (χ2v) is 4.95. The lowest BCUT2D eigenvalue weighted by Crippen LogP contribution is -2.67. The van der Waals surface area contributed by atoms with E-state index in [9.17, 15) is 22.8 Å². The summed E-state index contributed by atoms with van der Waals surface area (Å²) in [5.41, 5.74) is -2.64. The lowest BCUT2D eigenvalue weighted by molar-refractivity contribution is -0.283. The van der Waals surface area contributed by atoms with Crippen molar-refractivity contribution in [1.29, 1.82) is 0 Å². The van der Waals surface area contributed by atoms with Crippen molar-refractivity contribution in [2.75, 3.05) is 19.8 Å². The molecule has 2 N–H and O–H groups in total. The maximum absolute atomic E-state index is 13.4. The topological polar surface area (TPSA) is 76.7 Å². The van der Waals surface area contributed by atoms with Gasteiger partial charge in [-0.25, -0.2) is 9.59 Å². The number of benzene rings is 1. The van der Waals surface area contributed by atoms with Crippen LogP contribution in [0.2, 0.25) is 0 Å². The summed E-state index contributed by atoms with van der Waals surface area (Å²) in [7, 11) is 0. The Hall–Kier alpha value is -2.29. The number of carbonyl (C=O) groups is 2. The van der Waals surface area contributed by atoms with Crippen molar-refractivity contribution in [1.82, 2.24) is 10.6 Å². The highest BCUT2D eigenvalue weighted by atomic mass is 19.4. The Balaban J connectivity index is 2.78. The molecule has 1 rings (SSSR count). The molecule has 0 unspecified atom stereocenters. The van der Waals surface area contributed by atoms with Gasteiger partial charge >= 0.3 is 23.9 Å². The third kappa shape index (κ3) is 5.63. The molecule has 2 amide bonds. The number of urea groups is 1. The van der Waals surface area contributed by atoms with E-state index in [-0.39, 0.29) is 13.2 Å². The zero-order chi connectivity index (χ0) is 18.9. The Kier molecular flexibility index (Phi) is 7.69. The highest BCUT2D eigenvalue weighted by Gasteiger charge is 2.64. The summed E-state index contributed by atoms with van der Waals surface area (Å²) in [5.74, 6) is -1.72. The molecule has 140 valence electrons. The highest BCUT2D eigenvalue weighted by Crippen LogP contribution is 2.33. The van der Waals surface area contributed by atoms with Crippen molar-refractivity contribution in [3.8, 4) is 0 Å². The van der Waals surface area contributed by atoms with Crippen molar-refractivity contribution in [3.05, 3.63) is 35.9 Å². The number of hydrogen-bond donors (Lipinski definition) is 2. The maximum atomic E-state index is 13.4. The standard InChI is InChI=1S/C16H21F3N2O4/c1-3-24-13(22)15(25-4-2,16(17,18)19)21-14(23)20-11-10-12-8-6-5-7-9-12/h5-9H,3-4,10-11H2,1-2H3,(H2,20,21,23)/t15-/m0/s1. The van der Waals surface area contributed by atoms with Crippen molar-refractivity contribution in [3.63, 3.8) is 0 Å². The fourth-order valence-electron chi connectivity index (χ4n) is 2.03. The van der Waals surface area contributed by atoms with Crippen LogP contribution in [0.25, 0.3) is 0 Å². The van der Waals surface area contributed by atoms with Gasteiger partial charge in [-0.15, -0.1) is 0 Å². The highest BCUT2D eigenvalue weighted by molar-refractivity contribution is 5.87. The molecule has 1 aromatic rings. The van der Waals surface area contributed by atoms with Crippen LogP contribution >= 0.6 is 0 Å². The number of halogens is 3. The van der Waals surface area contributed by atoms with Crippen LogP contribution in [-0.2, 0) is 20.7 Å². The molecule has 6 nitrogen and oxygen atoms in total. The Labute approximate surface area is 143 Å². The molecule has 0 radical (unpaired) electrons. The van der Waals surface area contributed by atoms with Gasteiger partial charge in [0.05, 0.1) is 6.61 Å². The third-order valence-corrected chi connectivity index (χ3v) is 3.15. The van der Waals surface area contributed by atoms with Crippen LogP contribution in [0, 0.1) is 0 Å². The number of carbonyl (C=O) groups excluding carboxylic acids is 2. The van der Waals surface area contributed by atoms with E-state index >= 15 is 0 Å². The molecule has 9 heteroatoms. The van der Waals surface area contributed by atoms with E-state index in [2.05, 4.69) is 14.8 Å². The fraction of sp³-hybridized carbons (Fsp3) is 0.500. The van der Waals surface area contributed by atoms with Gasteiger partial charge in [0.25, 0.3) is 0 Å². The minimum absolute atomic E-state index is 0.0821. The third-order valence-electron chi connectivity index (χ3n) is 3.15. The summed E-state index contributed by atoms with van der Waals surface area (Å²) in [6, 6.07) is 7.88. The number of alkyl halides is 3. The van der Waals surface area contributed by atoms with Crippen LogP contribution in [-0.4, -0.2) is 43.7 Å². The first-order chi connectivity index (χ1) is 11.8. The summed E-state index contributed by atoms with van der Waals surface area (Å²) >= 11 is 0. The molecule has 0 saturated heterocycles. The average molecular weight is 362 g/mol. The SMILES string of the molecule is CCOC(=O)[C@](NC(=O)NCCc1ccccc1)(OCC)C(F)(F)F. The van der Waals surface area contributed by atoms with E-state index in [4.69, 9.17) is 0 Å². The molecule has 0 aliphatic heterocycles. The van der Waals surface area contributed by atoms with E-state index in [0.29, 0.717) is 6.42 Å². The Morgan fingerprint density at radius 3 is 2.24 bits per heavy atom. The summed E-state index contributed by atoms with van der Waals surface area (Å²) in [5, 5.41) is 3.85. The first-order valence-corrected chi connectivity index (χ1v) is 7.74. The summed E-state index contributed by atoms with van der Waals surface area (Å²) < 4.78 is 49.3. The number of rotatable bonds is 8. The molecule has 1 atom stereocenters. The summed E-state index contributed by atoms with van der Waals surface area (Å²) in [6.07, 6.45) is -4.77. The normalized spacial score (nSPS) is 13.6. The van der Waals surface area contributed by atoms with Gasteiger partial charge in [-0.2, -0.15) is 13.2 Å². The van der Waals surface area contributed by atoms with Gasteiger partial charge in [-0.1, -0.05) is 30.3 Å². The van der Waals surface area contributed by atoms with Gasteiger partial charge < -0.3 is 14.8 Å². The molecule has 0 aliphatic rings. The molecule has 1 aromatic carbocycles. The van der Waals surface area contributed by atoms with E-state index in [1.165, 1.54) is 13.8 Å². The second-order valence-electron chi connectivity index (χ2n) is 4.95. The van der Waals surface area contributed by atoms with Crippen molar-refractivity contribution in [2.24, 2.45) is 0 Å². The fourth-order valence-corrected chi connectivity index (χ4v) is 2.03. The van der Waals surface area contributed by atoms with Crippen molar-refractivity contribution >= 4 is 12.0 Å². The number of hydrogen-bond acceptors (Lipinski definition) is 4. The van der Waals surface area contributed by atoms with Crippen LogP contribution in [0.3, 0.4) is 0 Å². The van der Waals surface area contributed by atoms with Gasteiger partial charge in [0.1, 0.15) is 0 Å². The van der Waals surface area contributed by atoms with Crippen LogP contribution in [0.5, 0.6) is 0 Å². The zero-order valence-electron chi connectivity index (χ0n) is 14.0. The first-order valence-electron chi connectivity index (χ1n) is 7.74. The van der Waals surface area contributed by atoms with E-state index in [1.54, 1.807) is 17.4 Å². The number of ether oxygens (including phenoxy) is 2. The van der Waals surface area contributed by atoms with Crippen LogP contribution in [0.1, 0.15) is 19.4 Å². The average Bonchev–Trinajstić information content (AvgIpc) is 2.54. The Morgan fingerprint density at radius 1 is 1.08 bits per heavy atom. The van der Waals surface area contributed by atoms with Gasteiger partial charge in [0.2, 0.25) is 0 Å². The summed E-state index contributed by atoms with van der Waals surface area (Å²) in [6.45, 7) is 1.96. The molecular formula is C16H21F3N2O4. The molecule has 0 saturated carbocycles.